The van der Waals surface area contributed by atoms with Crippen molar-refractivity contribution in [2.45, 2.75) is 25.7 Å². The van der Waals surface area contributed by atoms with E-state index in [0.29, 0.717) is 19.8 Å². The van der Waals surface area contributed by atoms with E-state index in [4.69, 9.17) is 15.2 Å². The van der Waals surface area contributed by atoms with E-state index in [1.54, 1.807) is 0 Å². The van der Waals surface area contributed by atoms with Crippen LogP contribution in [0.3, 0.4) is 0 Å². The molecule has 0 aromatic heterocycles. The number of hydrogen-bond donors (Lipinski definition) is 2. The summed E-state index contributed by atoms with van der Waals surface area (Å²) in [7, 11) is 0. The van der Waals surface area contributed by atoms with Gasteiger partial charge in [-0.3, -0.25) is 0 Å². The van der Waals surface area contributed by atoms with Crippen molar-refractivity contribution in [1.82, 2.24) is 5.32 Å². The Hall–Kier alpha value is -1.79. The Morgan fingerprint density at radius 3 is 1.96 bits per heavy atom. The Morgan fingerprint density at radius 2 is 1.48 bits per heavy atom. The highest BCUT2D eigenvalue weighted by atomic mass is 19.2. The van der Waals surface area contributed by atoms with Gasteiger partial charge in [0.2, 0.25) is 5.85 Å². The molecule has 2 aromatic rings. The van der Waals surface area contributed by atoms with Crippen LogP contribution in [0.25, 0.3) is 0 Å². The highest BCUT2D eigenvalue weighted by Crippen LogP contribution is 2.27. The summed E-state index contributed by atoms with van der Waals surface area (Å²) < 4.78 is 26.3. The Morgan fingerprint density at radius 1 is 0.926 bits per heavy atom. The van der Waals surface area contributed by atoms with Gasteiger partial charge in [0, 0.05) is 12.5 Å². The SMILES string of the molecule is CC(C)C(F)(CNC(c1ccccc1)c1ccccc1)OCCOCCN. The van der Waals surface area contributed by atoms with Gasteiger partial charge in [-0.1, -0.05) is 74.5 Å². The second-order valence-corrected chi connectivity index (χ2v) is 6.83. The fourth-order valence-corrected chi connectivity index (χ4v) is 2.84. The number of halogens is 1. The van der Waals surface area contributed by atoms with Crippen LogP contribution in [0.5, 0.6) is 0 Å². The maximum atomic E-state index is 15.5. The summed E-state index contributed by atoms with van der Waals surface area (Å²) in [4.78, 5) is 0. The van der Waals surface area contributed by atoms with Crippen molar-refractivity contribution < 1.29 is 13.9 Å². The van der Waals surface area contributed by atoms with Crippen LogP contribution in [0.1, 0.15) is 31.0 Å². The molecule has 2 rings (SSSR count). The van der Waals surface area contributed by atoms with Crippen molar-refractivity contribution in [2.24, 2.45) is 11.7 Å². The third kappa shape index (κ3) is 6.70. The lowest BCUT2D eigenvalue weighted by Gasteiger charge is -2.32. The third-order valence-electron chi connectivity index (χ3n) is 4.51. The van der Waals surface area contributed by atoms with Crippen LogP contribution in [-0.4, -0.2) is 38.8 Å². The molecule has 1 unspecified atom stereocenters. The summed E-state index contributed by atoms with van der Waals surface area (Å²) >= 11 is 0. The van der Waals surface area contributed by atoms with Crippen molar-refractivity contribution in [3.05, 3.63) is 71.8 Å². The van der Waals surface area contributed by atoms with Gasteiger partial charge in [0.1, 0.15) is 0 Å². The maximum absolute atomic E-state index is 15.5. The van der Waals surface area contributed by atoms with Crippen LogP contribution in [0.15, 0.2) is 60.7 Å². The van der Waals surface area contributed by atoms with E-state index < -0.39 is 5.85 Å². The minimum Gasteiger partial charge on any atom is -0.378 e. The molecule has 0 spiro atoms. The molecule has 5 heteroatoms. The summed E-state index contributed by atoms with van der Waals surface area (Å²) in [6.07, 6.45) is 0. The lowest BCUT2D eigenvalue weighted by atomic mass is 9.97. The van der Waals surface area contributed by atoms with Gasteiger partial charge in [-0.25, -0.2) is 4.39 Å². The van der Waals surface area contributed by atoms with E-state index in [-0.39, 0.29) is 25.1 Å². The van der Waals surface area contributed by atoms with E-state index in [0.717, 1.165) is 11.1 Å². The highest BCUT2D eigenvalue weighted by molar-refractivity contribution is 5.31. The predicted octanol–water partition coefficient (Wildman–Crippen LogP) is 3.68. The van der Waals surface area contributed by atoms with Crippen LogP contribution in [-0.2, 0) is 9.47 Å². The monoisotopic (exact) mass is 374 g/mol. The molecular weight excluding hydrogens is 343 g/mol. The molecule has 0 amide bonds. The van der Waals surface area contributed by atoms with E-state index >= 15 is 4.39 Å². The largest absolute Gasteiger partial charge is 0.378 e. The molecule has 0 aliphatic rings. The Labute approximate surface area is 161 Å². The first-order valence-corrected chi connectivity index (χ1v) is 9.51. The van der Waals surface area contributed by atoms with E-state index in [1.807, 2.05) is 74.5 Å². The average molecular weight is 375 g/mol. The molecule has 3 N–H and O–H groups in total. The number of alkyl halides is 1. The van der Waals surface area contributed by atoms with Crippen LogP contribution in [0.2, 0.25) is 0 Å². The molecule has 27 heavy (non-hydrogen) atoms. The van der Waals surface area contributed by atoms with Crippen molar-refractivity contribution in [3.8, 4) is 0 Å². The second-order valence-electron chi connectivity index (χ2n) is 6.83. The molecule has 148 valence electrons. The smallest absolute Gasteiger partial charge is 0.224 e. The molecule has 0 saturated heterocycles. The number of nitrogens with two attached hydrogens (primary N) is 1. The first kappa shape index (κ1) is 21.5. The van der Waals surface area contributed by atoms with E-state index in [9.17, 15) is 0 Å². The van der Waals surface area contributed by atoms with Gasteiger partial charge in [-0.15, -0.1) is 0 Å². The molecule has 0 bridgehead atoms. The summed E-state index contributed by atoms with van der Waals surface area (Å²) in [6.45, 7) is 5.14. The standard InChI is InChI=1S/C22H31FN2O2/c1-18(2)22(23,27-16-15-26-14-13-24)17-25-21(19-9-5-3-6-10-19)20-11-7-4-8-12-20/h3-12,18,21,25H,13-17,24H2,1-2H3. The van der Waals surface area contributed by atoms with Gasteiger partial charge in [-0.2, -0.15) is 0 Å². The molecular formula is C22H31FN2O2. The molecule has 4 nitrogen and oxygen atoms in total. The molecule has 2 aromatic carbocycles. The minimum atomic E-state index is -1.78. The van der Waals surface area contributed by atoms with Crippen molar-refractivity contribution in [1.29, 1.82) is 0 Å². The zero-order valence-corrected chi connectivity index (χ0v) is 16.2. The lowest BCUT2D eigenvalue weighted by molar-refractivity contribution is -0.179. The molecule has 0 fully saturated rings. The van der Waals surface area contributed by atoms with E-state index in [1.165, 1.54) is 0 Å². The van der Waals surface area contributed by atoms with Crippen molar-refractivity contribution >= 4 is 0 Å². The van der Waals surface area contributed by atoms with Gasteiger partial charge in [0.05, 0.1) is 32.4 Å². The molecule has 0 aliphatic heterocycles. The number of benzene rings is 2. The van der Waals surface area contributed by atoms with Crippen LogP contribution in [0, 0.1) is 5.92 Å². The van der Waals surface area contributed by atoms with Crippen LogP contribution >= 0.6 is 0 Å². The Bertz CT molecular complexity index is 600. The molecule has 0 aliphatic carbocycles. The number of nitrogens with one attached hydrogen (secondary N) is 1. The zero-order valence-electron chi connectivity index (χ0n) is 16.2. The van der Waals surface area contributed by atoms with Gasteiger partial charge in [0.25, 0.3) is 0 Å². The van der Waals surface area contributed by atoms with Gasteiger partial charge in [0.15, 0.2) is 0 Å². The molecule has 1 atom stereocenters. The Balaban J connectivity index is 2.06. The maximum Gasteiger partial charge on any atom is 0.224 e. The van der Waals surface area contributed by atoms with Crippen LogP contribution < -0.4 is 11.1 Å². The number of hydrogen-bond acceptors (Lipinski definition) is 4. The summed E-state index contributed by atoms with van der Waals surface area (Å²) in [5.41, 5.74) is 7.56. The van der Waals surface area contributed by atoms with Gasteiger partial charge < -0.3 is 20.5 Å². The second kappa shape index (κ2) is 11.1. The predicted molar refractivity (Wildman–Crippen MR) is 107 cm³/mol. The fraction of sp³-hybridized carbons (Fsp3) is 0.455. The first-order chi connectivity index (χ1) is 13.1. The minimum absolute atomic E-state index is 0.0794. The van der Waals surface area contributed by atoms with Gasteiger partial charge in [-0.05, 0) is 11.1 Å². The summed E-state index contributed by atoms with van der Waals surface area (Å²) in [5.74, 6) is -2.08. The molecule has 0 radical (unpaired) electrons. The first-order valence-electron chi connectivity index (χ1n) is 9.51. The highest BCUT2D eigenvalue weighted by Gasteiger charge is 2.35. The van der Waals surface area contributed by atoms with Crippen molar-refractivity contribution in [2.75, 3.05) is 32.9 Å². The number of ether oxygens (including phenoxy) is 2. The third-order valence-corrected chi connectivity index (χ3v) is 4.51. The summed E-state index contributed by atoms with van der Waals surface area (Å²) in [6, 6.07) is 20.0. The lowest BCUT2D eigenvalue weighted by Crippen LogP contribution is -2.45. The molecule has 0 heterocycles. The zero-order chi connectivity index (χ0) is 19.5. The van der Waals surface area contributed by atoms with Gasteiger partial charge >= 0.3 is 0 Å². The Kier molecular flexibility index (Phi) is 8.88. The normalized spacial score (nSPS) is 13.9. The fourth-order valence-electron chi connectivity index (χ4n) is 2.84. The average Bonchev–Trinajstić information content (AvgIpc) is 2.69. The van der Waals surface area contributed by atoms with Crippen molar-refractivity contribution in [3.63, 3.8) is 0 Å². The van der Waals surface area contributed by atoms with Crippen LogP contribution in [0.4, 0.5) is 4.39 Å². The number of rotatable bonds is 12. The quantitative estimate of drug-likeness (QED) is 0.557. The van der Waals surface area contributed by atoms with E-state index in [2.05, 4.69) is 5.32 Å². The topological polar surface area (TPSA) is 56.5 Å². The molecule has 0 saturated carbocycles. The summed E-state index contributed by atoms with van der Waals surface area (Å²) in [5, 5.41) is 3.37.